The van der Waals surface area contributed by atoms with Crippen LogP contribution in [0.1, 0.15) is 48.6 Å². The van der Waals surface area contributed by atoms with E-state index in [2.05, 4.69) is 295 Å². The summed E-state index contributed by atoms with van der Waals surface area (Å²) in [7, 11) is 0. The molecular weight excluding hydrogens is 893 g/mol. The van der Waals surface area contributed by atoms with Crippen LogP contribution in [0.3, 0.4) is 0 Å². The monoisotopic (exact) mass is 952 g/mol. The zero-order valence-electron chi connectivity index (χ0n) is 43.4. The quantitative estimate of drug-likeness (QED) is 0.126. The van der Waals surface area contributed by atoms with Crippen LogP contribution in [0.15, 0.2) is 237 Å². The van der Waals surface area contributed by atoms with Gasteiger partial charge in [0.05, 0.1) is 22.7 Å². The summed E-state index contributed by atoms with van der Waals surface area (Å²) in [5.74, 6) is 0. The van der Waals surface area contributed by atoms with Gasteiger partial charge in [-0.1, -0.05) is 227 Å². The Morgan fingerprint density at radius 2 is 0.676 bits per heavy atom. The largest absolute Gasteiger partial charge is 0.309 e. The second-order valence-electron chi connectivity index (χ2n) is 21.1. The Bertz CT molecular complexity index is 3770. The topological polar surface area (TPSA) is 6.48 Å². The average molecular weight is 953 g/mol. The van der Waals surface area contributed by atoms with E-state index in [0.29, 0.717) is 0 Å². The van der Waals surface area contributed by atoms with Crippen LogP contribution in [-0.2, 0) is 5.41 Å². The van der Waals surface area contributed by atoms with E-state index in [4.69, 9.17) is 0 Å². The lowest BCUT2D eigenvalue weighted by Crippen LogP contribution is -2.17. The molecule has 358 valence electrons. The summed E-state index contributed by atoms with van der Waals surface area (Å²) in [4.78, 5) is 5.18. The number of rotatable bonds is 10. The van der Waals surface area contributed by atoms with E-state index in [1.54, 1.807) is 0 Å². The van der Waals surface area contributed by atoms with Gasteiger partial charge in [0.15, 0.2) is 0 Å². The highest BCUT2D eigenvalue weighted by atomic mass is 15.2. The summed E-state index contributed by atoms with van der Waals surface area (Å²) in [5.41, 5.74) is 22.2. The van der Waals surface area contributed by atoms with Crippen LogP contribution in [0.5, 0.6) is 0 Å². The molecule has 74 heavy (non-hydrogen) atoms. The number of aryl methyl sites for hydroxylation is 2. The van der Waals surface area contributed by atoms with Crippen molar-refractivity contribution in [3.8, 4) is 44.5 Å². The van der Waals surface area contributed by atoms with Crippen molar-refractivity contribution in [2.75, 3.05) is 9.80 Å². The number of nitrogens with zero attached hydrogens (tertiary/aromatic N) is 2. The minimum Gasteiger partial charge on any atom is -0.309 e. The highest BCUT2D eigenvalue weighted by Gasteiger charge is 2.30. The molecule has 0 spiro atoms. The summed E-state index contributed by atoms with van der Waals surface area (Å²) < 4.78 is 0. The van der Waals surface area contributed by atoms with Gasteiger partial charge in [-0.2, -0.15) is 0 Å². The van der Waals surface area contributed by atoms with Gasteiger partial charge in [0, 0.05) is 38.7 Å². The number of benzene rings is 12. The fraction of sp³-hybridized carbons (Fsp3) is 0.111. The molecule has 0 aliphatic carbocycles. The molecule has 0 aromatic heterocycles. The lowest BCUT2D eigenvalue weighted by molar-refractivity contribution is 0.591. The first-order chi connectivity index (χ1) is 36.0. The fourth-order valence-corrected chi connectivity index (χ4v) is 11.5. The van der Waals surface area contributed by atoms with Gasteiger partial charge in [0.1, 0.15) is 0 Å². The summed E-state index contributed by atoms with van der Waals surface area (Å²) >= 11 is 0. The summed E-state index contributed by atoms with van der Waals surface area (Å²) in [5, 5.41) is 7.41. The molecule has 12 aromatic carbocycles. The smallest absolute Gasteiger partial charge is 0.0575 e. The van der Waals surface area contributed by atoms with Gasteiger partial charge in [-0.15, -0.1) is 0 Å². The molecule has 2 nitrogen and oxygen atoms in total. The SMILES string of the molecule is Cc1cccc(N(c2c(-c3ccccc3)ccc(-c3ccccc3)c2C)c2cc(N(c3cccc(C)c3)c3c(-c4ccccc4)ccc(-c4ccccc4)c3C)c3ccc4cc(C(C)(C)C)cc5ccc2c3c54)c1. The van der Waals surface area contributed by atoms with Crippen molar-refractivity contribution in [3.05, 3.63) is 264 Å². The molecule has 0 aliphatic heterocycles. The van der Waals surface area contributed by atoms with E-state index >= 15 is 0 Å². The molecule has 12 aromatic rings. The number of hydrogen-bond donors (Lipinski definition) is 0. The van der Waals surface area contributed by atoms with Crippen LogP contribution in [0.25, 0.3) is 76.8 Å². The molecule has 0 radical (unpaired) electrons. The van der Waals surface area contributed by atoms with Crippen LogP contribution < -0.4 is 9.80 Å². The third kappa shape index (κ3) is 8.17. The van der Waals surface area contributed by atoms with Gasteiger partial charge >= 0.3 is 0 Å². The number of hydrogen-bond acceptors (Lipinski definition) is 2. The Morgan fingerprint density at radius 3 is 1.04 bits per heavy atom. The standard InChI is InChI=1S/C72H60N2/c1-47-22-20-32-58(42-47)73(70-49(3)60(51-24-12-8-13-25-51)38-40-62(70)53-28-16-10-17-29-53)66-46-67(65-37-35-56-45-57(72(5,6)7)44-55-34-36-64(66)69(65)68(55)56)74(59-33-21-23-48(2)43-59)71-50(4)61(52-26-14-9-15-27-52)39-41-63(71)54-30-18-11-19-31-54/h8-46H,1-7H3. The molecule has 0 saturated heterocycles. The van der Waals surface area contributed by atoms with E-state index in [1.807, 2.05) is 0 Å². The number of anilines is 6. The van der Waals surface area contributed by atoms with Gasteiger partial charge in [-0.25, -0.2) is 0 Å². The van der Waals surface area contributed by atoms with Gasteiger partial charge in [0.2, 0.25) is 0 Å². The van der Waals surface area contributed by atoms with Crippen molar-refractivity contribution in [1.82, 2.24) is 0 Å². The fourth-order valence-electron chi connectivity index (χ4n) is 11.5. The first-order valence-electron chi connectivity index (χ1n) is 26.0. The molecule has 0 fully saturated rings. The Balaban J connectivity index is 1.28. The van der Waals surface area contributed by atoms with Crippen LogP contribution >= 0.6 is 0 Å². The second-order valence-corrected chi connectivity index (χ2v) is 21.1. The zero-order valence-corrected chi connectivity index (χ0v) is 43.4. The van der Waals surface area contributed by atoms with Crippen molar-refractivity contribution in [2.24, 2.45) is 0 Å². The molecule has 2 heteroatoms. The maximum atomic E-state index is 2.59. The van der Waals surface area contributed by atoms with E-state index in [9.17, 15) is 0 Å². The van der Waals surface area contributed by atoms with E-state index < -0.39 is 0 Å². The molecule has 0 N–H and O–H groups in total. The highest BCUT2D eigenvalue weighted by Crippen LogP contribution is 2.55. The van der Waals surface area contributed by atoms with Crippen LogP contribution in [-0.4, -0.2) is 0 Å². The van der Waals surface area contributed by atoms with Crippen LogP contribution in [0, 0.1) is 27.7 Å². The molecule has 0 atom stereocenters. The Labute approximate surface area is 436 Å². The third-order valence-electron chi connectivity index (χ3n) is 15.2. The summed E-state index contributed by atoms with van der Waals surface area (Å²) in [6.45, 7) is 16.0. The molecule has 0 unspecified atom stereocenters. The molecule has 0 saturated carbocycles. The molecular formula is C72H60N2. The second kappa shape index (κ2) is 18.7. The molecule has 12 rings (SSSR count). The molecule has 0 heterocycles. The zero-order chi connectivity index (χ0) is 50.7. The summed E-state index contributed by atoms with van der Waals surface area (Å²) in [6.07, 6.45) is 0. The van der Waals surface area contributed by atoms with Gasteiger partial charge in [0.25, 0.3) is 0 Å². The maximum absolute atomic E-state index is 2.59. The van der Waals surface area contributed by atoms with Crippen molar-refractivity contribution >= 4 is 66.4 Å². The van der Waals surface area contributed by atoms with Crippen molar-refractivity contribution in [3.63, 3.8) is 0 Å². The van der Waals surface area contributed by atoms with Gasteiger partial charge in [-0.05, 0) is 141 Å². The molecule has 0 bridgehead atoms. The van der Waals surface area contributed by atoms with Crippen molar-refractivity contribution in [2.45, 2.75) is 53.9 Å². The van der Waals surface area contributed by atoms with Crippen molar-refractivity contribution < 1.29 is 0 Å². The van der Waals surface area contributed by atoms with E-state index in [-0.39, 0.29) is 5.41 Å². The normalized spacial score (nSPS) is 11.7. The predicted octanol–water partition coefficient (Wildman–Crippen LogP) is 20.7. The first kappa shape index (κ1) is 46.4. The first-order valence-corrected chi connectivity index (χ1v) is 26.0. The Hall–Kier alpha value is -8.72. The van der Waals surface area contributed by atoms with Crippen molar-refractivity contribution in [1.29, 1.82) is 0 Å². The van der Waals surface area contributed by atoms with E-state index in [0.717, 1.165) is 45.3 Å². The third-order valence-corrected chi connectivity index (χ3v) is 15.2. The van der Waals surface area contributed by atoms with Gasteiger partial charge < -0.3 is 9.80 Å². The average Bonchev–Trinajstić information content (AvgIpc) is 3.42. The Morgan fingerprint density at radius 1 is 0.311 bits per heavy atom. The van der Waals surface area contributed by atoms with E-state index in [1.165, 1.54) is 93.5 Å². The van der Waals surface area contributed by atoms with Crippen LogP contribution in [0.4, 0.5) is 34.1 Å². The maximum Gasteiger partial charge on any atom is 0.0575 e. The lowest BCUT2D eigenvalue weighted by atomic mass is 9.83. The minimum atomic E-state index is -0.0328. The van der Waals surface area contributed by atoms with Gasteiger partial charge in [-0.3, -0.25) is 0 Å². The highest BCUT2D eigenvalue weighted by molar-refractivity contribution is 6.29. The predicted molar refractivity (Wildman–Crippen MR) is 319 cm³/mol. The summed E-state index contributed by atoms with van der Waals surface area (Å²) in [6, 6.07) is 88.1. The minimum absolute atomic E-state index is 0.0328. The Kier molecular flexibility index (Phi) is 11.7. The lowest BCUT2D eigenvalue weighted by Gasteiger charge is -2.36. The van der Waals surface area contributed by atoms with Crippen LogP contribution in [0.2, 0.25) is 0 Å². The molecule has 0 aliphatic rings. The molecule has 0 amide bonds.